The number of carbonyl (C=O) groups excluding carboxylic acids is 1. The van der Waals surface area contributed by atoms with E-state index in [9.17, 15) is 9.18 Å². The number of hydrogen-bond acceptors (Lipinski definition) is 5. The van der Waals surface area contributed by atoms with Crippen molar-refractivity contribution < 1.29 is 13.9 Å². The topological polar surface area (TPSA) is 60.3 Å². The first-order chi connectivity index (χ1) is 16.7. The molecule has 0 spiro atoms. The predicted octanol–water partition coefficient (Wildman–Crippen LogP) is 5.11. The Labute approximate surface area is 203 Å². The third kappa shape index (κ3) is 5.18. The number of likely N-dealkylation sites (tertiary alicyclic amines) is 1. The fourth-order valence-corrected chi connectivity index (χ4v) is 5.75. The molecule has 3 aromatic rings. The number of aromatic nitrogens is 3. The highest BCUT2D eigenvalue weighted by atomic mass is 32.2. The maximum absolute atomic E-state index is 13.7. The summed E-state index contributed by atoms with van der Waals surface area (Å²) in [5.74, 6) is 0.487. The molecular formula is C26H29FN4O2S. The Bertz CT molecular complexity index is 1090. The lowest BCUT2D eigenvalue weighted by atomic mass is 10.1. The van der Waals surface area contributed by atoms with Crippen LogP contribution in [-0.2, 0) is 16.1 Å². The van der Waals surface area contributed by atoms with Crippen LogP contribution in [0.15, 0.2) is 59.8 Å². The van der Waals surface area contributed by atoms with Gasteiger partial charge in [-0.25, -0.2) is 4.39 Å². The van der Waals surface area contributed by atoms with Crippen molar-refractivity contribution in [2.24, 2.45) is 0 Å². The fraction of sp³-hybridized carbons (Fsp3) is 0.423. The minimum atomic E-state index is -0.409. The first kappa shape index (κ1) is 23.1. The van der Waals surface area contributed by atoms with Gasteiger partial charge in [0.1, 0.15) is 11.1 Å². The summed E-state index contributed by atoms with van der Waals surface area (Å²) in [7, 11) is 0. The lowest BCUT2D eigenvalue weighted by Gasteiger charge is -2.30. The fourth-order valence-electron chi connectivity index (χ4n) is 4.62. The van der Waals surface area contributed by atoms with Gasteiger partial charge in [0.15, 0.2) is 11.0 Å². The zero-order valence-corrected chi connectivity index (χ0v) is 19.9. The van der Waals surface area contributed by atoms with Crippen LogP contribution in [0.1, 0.15) is 42.9 Å². The number of amides is 1. The number of hydrogen-bond donors (Lipinski definition) is 0. The zero-order chi connectivity index (χ0) is 23.3. The molecule has 2 saturated heterocycles. The minimum absolute atomic E-state index is 0.0718. The molecule has 2 unspecified atom stereocenters. The number of benzene rings is 2. The second kappa shape index (κ2) is 10.7. The molecule has 34 heavy (non-hydrogen) atoms. The van der Waals surface area contributed by atoms with E-state index in [2.05, 4.69) is 10.2 Å². The summed E-state index contributed by atoms with van der Waals surface area (Å²) < 4.78 is 21.5. The van der Waals surface area contributed by atoms with E-state index >= 15 is 0 Å². The van der Waals surface area contributed by atoms with Crippen molar-refractivity contribution in [2.75, 3.05) is 19.7 Å². The lowest BCUT2D eigenvalue weighted by molar-refractivity contribution is -0.131. The van der Waals surface area contributed by atoms with Gasteiger partial charge in [0, 0.05) is 25.3 Å². The molecular weight excluding hydrogens is 451 g/mol. The van der Waals surface area contributed by atoms with Crippen molar-refractivity contribution in [1.82, 2.24) is 19.7 Å². The molecule has 1 amide bonds. The summed E-state index contributed by atoms with van der Waals surface area (Å²) in [6.45, 7) is 2.95. The van der Waals surface area contributed by atoms with Crippen LogP contribution in [0.4, 0.5) is 4.39 Å². The van der Waals surface area contributed by atoms with Crippen LogP contribution in [0.3, 0.4) is 0 Å². The van der Waals surface area contributed by atoms with Crippen LogP contribution in [0, 0.1) is 5.82 Å². The molecule has 8 heteroatoms. The van der Waals surface area contributed by atoms with Gasteiger partial charge >= 0.3 is 0 Å². The van der Waals surface area contributed by atoms with E-state index < -0.39 is 5.25 Å². The molecule has 2 aromatic carbocycles. The van der Waals surface area contributed by atoms with Gasteiger partial charge in [0.05, 0.1) is 12.6 Å². The molecule has 6 nitrogen and oxygen atoms in total. The molecule has 178 valence electrons. The lowest BCUT2D eigenvalue weighted by Crippen LogP contribution is -2.38. The molecule has 0 N–H and O–H groups in total. The number of nitrogens with zero attached hydrogens (tertiary/aromatic N) is 4. The average molecular weight is 481 g/mol. The monoisotopic (exact) mass is 480 g/mol. The molecule has 2 fully saturated rings. The summed E-state index contributed by atoms with van der Waals surface area (Å²) in [4.78, 5) is 15.6. The molecule has 0 saturated carbocycles. The summed E-state index contributed by atoms with van der Waals surface area (Å²) >= 11 is 1.44. The van der Waals surface area contributed by atoms with E-state index in [1.807, 2.05) is 39.8 Å². The summed E-state index contributed by atoms with van der Waals surface area (Å²) in [6.07, 6.45) is 5.33. The molecule has 0 bridgehead atoms. The van der Waals surface area contributed by atoms with Gasteiger partial charge in [0.2, 0.25) is 5.91 Å². The zero-order valence-electron chi connectivity index (χ0n) is 19.1. The third-order valence-corrected chi connectivity index (χ3v) is 7.67. The number of ether oxygens (including phenoxy) is 1. The first-order valence-electron chi connectivity index (χ1n) is 12.0. The third-order valence-electron chi connectivity index (χ3n) is 6.45. The molecule has 5 rings (SSSR count). The SMILES string of the molecule is O=C(C(Sc1nnc(-c2ccc(F)cc2)n1CC1CCCO1)c1ccccc1)N1CCCCC1. The van der Waals surface area contributed by atoms with Crippen LogP contribution in [0.2, 0.25) is 0 Å². The molecule has 2 aliphatic heterocycles. The highest BCUT2D eigenvalue weighted by molar-refractivity contribution is 8.00. The molecule has 0 aliphatic carbocycles. The van der Waals surface area contributed by atoms with Gasteiger partial charge in [-0.15, -0.1) is 10.2 Å². The Kier molecular flexibility index (Phi) is 7.25. The maximum atomic E-state index is 13.7. The molecule has 3 heterocycles. The van der Waals surface area contributed by atoms with Crippen LogP contribution in [0.25, 0.3) is 11.4 Å². The van der Waals surface area contributed by atoms with E-state index in [4.69, 9.17) is 4.74 Å². The largest absolute Gasteiger partial charge is 0.376 e. The van der Waals surface area contributed by atoms with Gasteiger partial charge in [-0.1, -0.05) is 42.1 Å². The maximum Gasteiger partial charge on any atom is 0.240 e. The van der Waals surface area contributed by atoms with E-state index in [-0.39, 0.29) is 17.8 Å². The van der Waals surface area contributed by atoms with Crippen molar-refractivity contribution in [1.29, 1.82) is 0 Å². The van der Waals surface area contributed by atoms with Gasteiger partial charge in [-0.3, -0.25) is 9.36 Å². The minimum Gasteiger partial charge on any atom is -0.376 e. The quantitative estimate of drug-likeness (QED) is 0.440. The summed E-state index contributed by atoms with van der Waals surface area (Å²) in [5, 5.41) is 9.24. The van der Waals surface area contributed by atoms with Crippen molar-refractivity contribution in [3.05, 3.63) is 66.0 Å². The average Bonchev–Trinajstić information content (AvgIpc) is 3.54. The number of carbonyl (C=O) groups is 1. The number of halogens is 1. The second-order valence-electron chi connectivity index (χ2n) is 8.85. The van der Waals surface area contributed by atoms with Crippen LogP contribution in [-0.4, -0.2) is 51.4 Å². The first-order valence-corrected chi connectivity index (χ1v) is 12.9. The van der Waals surface area contributed by atoms with Crippen molar-refractivity contribution in [2.45, 2.75) is 55.2 Å². The van der Waals surface area contributed by atoms with Gasteiger partial charge in [-0.05, 0) is 61.9 Å². The van der Waals surface area contributed by atoms with E-state index in [1.165, 1.54) is 30.3 Å². The Morgan fingerprint density at radius 2 is 1.79 bits per heavy atom. The normalized spacial score (nSPS) is 19.3. The Hall–Kier alpha value is -2.71. The number of thioether (sulfide) groups is 1. The molecule has 0 radical (unpaired) electrons. The summed E-state index contributed by atoms with van der Waals surface area (Å²) in [5.41, 5.74) is 1.75. The highest BCUT2D eigenvalue weighted by Gasteiger charge is 2.31. The van der Waals surface area contributed by atoms with E-state index in [1.54, 1.807) is 12.1 Å². The smallest absolute Gasteiger partial charge is 0.240 e. The van der Waals surface area contributed by atoms with Gasteiger partial charge < -0.3 is 9.64 Å². The highest BCUT2D eigenvalue weighted by Crippen LogP contribution is 2.38. The standard InChI is InChI=1S/C26H29FN4O2S/c27-21-13-11-20(12-14-21)24-28-29-26(31(24)18-22-10-7-17-33-22)34-23(19-8-3-1-4-9-19)25(32)30-15-5-2-6-16-30/h1,3-4,8-9,11-14,22-23H,2,5-7,10,15-18H2. The Morgan fingerprint density at radius 3 is 2.50 bits per heavy atom. The van der Waals surface area contributed by atoms with E-state index in [0.717, 1.165) is 56.5 Å². The molecule has 2 atom stereocenters. The summed E-state index contributed by atoms with van der Waals surface area (Å²) in [6, 6.07) is 16.2. The van der Waals surface area contributed by atoms with Gasteiger partial charge in [-0.2, -0.15) is 0 Å². The number of piperidine rings is 1. The second-order valence-corrected chi connectivity index (χ2v) is 9.93. The van der Waals surface area contributed by atoms with Crippen molar-refractivity contribution in [3.63, 3.8) is 0 Å². The van der Waals surface area contributed by atoms with Crippen LogP contribution >= 0.6 is 11.8 Å². The number of rotatable bonds is 7. The van der Waals surface area contributed by atoms with Gasteiger partial charge in [0.25, 0.3) is 0 Å². The molecule has 2 aliphatic rings. The predicted molar refractivity (Wildman–Crippen MR) is 130 cm³/mol. The van der Waals surface area contributed by atoms with E-state index in [0.29, 0.717) is 17.5 Å². The Morgan fingerprint density at radius 1 is 1.03 bits per heavy atom. The molecule has 1 aromatic heterocycles. The van der Waals surface area contributed by atoms with Crippen molar-refractivity contribution in [3.8, 4) is 11.4 Å². The van der Waals surface area contributed by atoms with Crippen molar-refractivity contribution >= 4 is 17.7 Å². The van der Waals surface area contributed by atoms with Crippen LogP contribution < -0.4 is 0 Å². The van der Waals surface area contributed by atoms with Crippen LogP contribution in [0.5, 0.6) is 0 Å². The Balaban J connectivity index is 1.49.